The SMILES string of the molecule is COc1cc(CN2C(=O)/C(=C/c3cc(C(=O)NCCN4CCN(C)CC4)c[nH]3)c3c(Cl)nc(N)nc32)c(Cl)c(OC)c1OC. The third kappa shape index (κ3) is 6.27. The van der Waals surface area contributed by atoms with Crippen molar-refractivity contribution in [2.45, 2.75) is 6.54 Å². The lowest BCUT2D eigenvalue weighted by molar-refractivity contribution is -0.113. The van der Waals surface area contributed by atoms with Gasteiger partial charge in [0.25, 0.3) is 11.8 Å². The van der Waals surface area contributed by atoms with Crippen LogP contribution >= 0.6 is 23.2 Å². The van der Waals surface area contributed by atoms with E-state index in [9.17, 15) is 9.59 Å². The van der Waals surface area contributed by atoms with E-state index in [4.69, 9.17) is 43.1 Å². The summed E-state index contributed by atoms with van der Waals surface area (Å²) in [6.07, 6.45) is 3.19. The summed E-state index contributed by atoms with van der Waals surface area (Å²) in [5.74, 6) is 0.430. The van der Waals surface area contributed by atoms with E-state index >= 15 is 0 Å². The fraction of sp³-hybridized carbons (Fsp3) is 0.379. The molecular formula is C29H34Cl2N8O5. The van der Waals surface area contributed by atoms with E-state index in [0.29, 0.717) is 40.4 Å². The van der Waals surface area contributed by atoms with Gasteiger partial charge in [-0.2, -0.15) is 4.98 Å². The number of anilines is 2. The number of nitrogen functional groups attached to an aromatic ring is 1. The van der Waals surface area contributed by atoms with E-state index in [1.807, 2.05) is 0 Å². The highest BCUT2D eigenvalue weighted by atomic mass is 35.5. The van der Waals surface area contributed by atoms with Crippen LogP contribution in [-0.2, 0) is 11.3 Å². The van der Waals surface area contributed by atoms with Gasteiger partial charge in [-0.3, -0.25) is 19.4 Å². The Bertz CT molecular complexity index is 1600. The summed E-state index contributed by atoms with van der Waals surface area (Å²) in [5, 5.41) is 3.21. The number of hydrogen-bond acceptors (Lipinski definition) is 10. The number of H-pyrrole nitrogens is 1. The Morgan fingerprint density at radius 2 is 1.82 bits per heavy atom. The molecule has 4 N–H and O–H groups in total. The molecule has 0 spiro atoms. The predicted octanol–water partition coefficient (Wildman–Crippen LogP) is 2.78. The number of benzene rings is 1. The summed E-state index contributed by atoms with van der Waals surface area (Å²) in [4.78, 5) is 44.2. The first-order valence-corrected chi connectivity index (χ1v) is 14.6. The molecule has 1 saturated heterocycles. The molecule has 0 saturated carbocycles. The molecule has 2 amide bonds. The number of nitrogens with one attached hydrogen (secondary N) is 2. The van der Waals surface area contributed by atoms with Crippen molar-refractivity contribution in [2.24, 2.45) is 0 Å². The number of nitrogens with two attached hydrogens (primary N) is 1. The molecule has 5 rings (SSSR count). The van der Waals surface area contributed by atoms with Crippen LogP contribution in [0.15, 0.2) is 18.3 Å². The van der Waals surface area contributed by atoms with Crippen LogP contribution in [0.5, 0.6) is 17.2 Å². The summed E-state index contributed by atoms with van der Waals surface area (Å²) >= 11 is 13.2. The number of ether oxygens (including phenoxy) is 3. The van der Waals surface area contributed by atoms with Gasteiger partial charge in [0, 0.05) is 51.2 Å². The van der Waals surface area contributed by atoms with Crippen molar-refractivity contribution in [3.63, 3.8) is 0 Å². The number of methoxy groups -OCH3 is 3. The Balaban J connectivity index is 1.39. The second-order valence-corrected chi connectivity index (χ2v) is 11.1. The normalized spacial score (nSPS) is 16.4. The Morgan fingerprint density at radius 3 is 2.50 bits per heavy atom. The van der Waals surface area contributed by atoms with E-state index in [2.05, 4.69) is 37.1 Å². The zero-order valence-electron chi connectivity index (χ0n) is 24.9. The molecule has 2 aliphatic rings. The van der Waals surface area contributed by atoms with Crippen molar-refractivity contribution < 1.29 is 23.8 Å². The highest BCUT2D eigenvalue weighted by Crippen LogP contribution is 2.47. The number of nitrogens with zero attached hydrogens (tertiary/aromatic N) is 5. The average Bonchev–Trinajstić information content (AvgIpc) is 3.57. The molecule has 0 bridgehead atoms. The first-order chi connectivity index (χ1) is 21.1. The lowest BCUT2D eigenvalue weighted by Gasteiger charge is -2.32. The number of amides is 2. The smallest absolute Gasteiger partial charge is 0.260 e. The fourth-order valence-corrected chi connectivity index (χ4v) is 5.78. The van der Waals surface area contributed by atoms with Gasteiger partial charge in [-0.05, 0) is 30.8 Å². The molecule has 1 aromatic carbocycles. The molecule has 0 unspecified atom stereocenters. The zero-order chi connectivity index (χ0) is 31.5. The molecule has 3 aromatic rings. The number of carbonyl (C=O) groups is 2. The van der Waals surface area contributed by atoms with Crippen LogP contribution in [0.2, 0.25) is 10.2 Å². The number of hydrogen-bond donors (Lipinski definition) is 3. The summed E-state index contributed by atoms with van der Waals surface area (Å²) in [6, 6.07) is 3.32. The average molecular weight is 646 g/mol. The van der Waals surface area contributed by atoms with Gasteiger partial charge in [-0.15, -0.1) is 0 Å². The molecule has 44 heavy (non-hydrogen) atoms. The third-order valence-electron chi connectivity index (χ3n) is 7.61. The molecule has 1 fully saturated rings. The van der Waals surface area contributed by atoms with Crippen molar-refractivity contribution in [1.29, 1.82) is 0 Å². The monoisotopic (exact) mass is 644 g/mol. The van der Waals surface area contributed by atoms with Crippen LogP contribution in [0.25, 0.3) is 11.6 Å². The predicted molar refractivity (Wildman–Crippen MR) is 169 cm³/mol. The van der Waals surface area contributed by atoms with Crippen molar-refractivity contribution >= 4 is 58.4 Å². The van der Waals surface area contributed by atoms with Crippen LogP contribution in [0.4, 0.5) is 11.8 Å². The number of piperazine rings is 1. The Hall–Kier alpha value is -4.04. The summed E-state index contributed by atoms with van der Waals surface area (Å²) in [5.41, 5.74) is 7.90. The summed E-state index contributed by atoms with van der Waals surface area (Å²) < 4.78 is 16.4. The Labute approximate surface area is 264 Å². The van der Waals surface area contributed by atoms with Gasteiger partial charge in [-0.25, -0.2) is 4.98 Å². The molecule has 0 aliphatic carbocycles. The van der Waals surface area contributed by atoms with Crippen LogP contribution in [0, 0.1) is 0 Å². The third-order valence-corrected chi connectivity index (χ3v) is 8.30. The van der Waals surface area contributed by atoms with Crippen molar-refractivity contribution in [2.75, 3.05) is 78.3 Å². The van der Waals surface area contributed by atoms with Gasteiger partial charge in [-0.1, -0.05) is 23.2 Å². The van der Waals surface area contributed by atoms with Crippen molar-refractivity contribution in [1.82, 2.24) is 30.1 Å². The minimum Gasteiger partial charge on any atom is -0.493 e. The second-order valence-electron chi connectivity index (χ2n) is 10.4. The van der Waals surface area contributed by atoms with Gasteiger partial charge < -0.3 is 35.1 Å². The second kappa shape index (κ2) is 13.3. The lowest BCUT2D eigenvalue weighted by atomic mass is 10.1. The number of rotatable bonds is 10. The number of likely N-dealkylation sites (N-methyl/N-ethyl adjacent to an activating group) is 1. The Kier molecular flexibility index (Phi) is 9.49. The largest absolute Gasteiger partial charge is 0.493 e. The number of aromatic nitrogens is 3. The van der Waals surface area contributed by atoms with Gasteiger partial charge in [0.05, 0.1) is 49.6 Å². The van der Waals surface area contributed by atoms with E-state index in [1.54, 1.807) is 24.4 Å². The number of aromatic amines is 1. The quantitative estimate of drug-likeness (QED) is 0.222. The molecule has 234 valence electrons. The van der Waals surface area contributed by atoms with Gasteiger partial charge >= 0.3 is 0 Å². The first kappa shape index (κ1) is 31.4. The molecule has 15 heteroatoms. The molecule has 0 radical (unpaired) electrons. The maximum atomic E-state index is 13.9. The molecule has 2 aliphatic heterocycles. The highest BCUT2D eigenvalue weighted by Gasteiger charge is 2.38. The molecule has 4 heterocycles. The highest BCUT2D eigenvalue weighted by molar-refractivity contribution is 6.41. The number of carbonyl (C=O) groups excluding carboxylic acids is 2. The topological polar surface area (TPSA) is 151 Å². The van der Waals surface area contributed by atoms with E-state index in [1.165, 1.54) is 26.2 Å². The fourth-order valence-electron chi connectivity index (χ4n) is 5.23. The molecule has 2 aromatic heterocycles. The molecule has 13 nitrogen and oxygen atoms in total. The zero-order valence-corrected chi connectivity index (χ0v) is 26.4. The van der Waals surface area contributed by atoms with Gasteiger partial charge in [0.2, 0.25) is 11.7 Å². The van der Waals surface area contributed by atoms with Crippen molar-refractivity contribution in [3.8, 4) is 17.2 Å². The minimum absolute atomic E-state index is 0.0130. The molecule has 0 atom stereocenters. The van der Waals surface area contributed by atoms with Crippen LogP contribution in [-0.4, -0.2) is 104 Å². The first-order valence-electron chi connectivity index (χ1n) is 13.9. The van der Waals surface area contributed by atoms with Gasteiger partial charge in [0.15, 0.2) is 17.3 Å². The van der Waals surface area contributed by atoms with E-state index in [0.717, 1.165) is 32.7 Å². The lowest BCUT2D eigenvalue weighted by Crippen LogP contribution is -2.46. The maximum Gasteiger partial charge on any atom is 0.260 e. The van der Waals surface area contributed by atoms with Crippen LogP contribution in [0.1, 0.15) is 27.2 Å². The summed E-state index contributed by atoms with van der Waals surface area (Å²) in [6.45, 7) is 5.27. The van der Waals surface area contributed by atoms with E-state index < -0.39 is 5.91 Å². The Morgan fingerprint density at radius 1 is 1.09 bits per heavy atom. The molecular weight excluding hydrogens is 611 g/mol. The number of halogens is 2. The van der Waals surface area contributed by atoms with Gasteiger partial charge in [0.1, 0.15) is 5.15 Å². The standard InChI is InChI=1S/C29H34Cl2N8O5/c1-37-7-9-38(10-8-37)6-5-33-27(40)16-11-18(34-14-16)13-19-21-25(31)35-29(32)36-26(21)39(28(19)41)15-17-12-20(42-2)23(43-3)24(44-4)22(17)30/h11-14,34H,5-10,15H2,1-4H3,(H,33,40)(H2,32,35,36)/b19-13+. The maximum absolute atomic E-state index is 13.9. The minimum atomic E-state index is -0.417. The van der Waals surface area contributed by atoms with E-state index in [-0.39, 0.29) is 45.7 Å². The van der Waals surface area contributed by atoms with Crippen LogP contribution in [0.3, 0.4) is 0 Å². The van der Waals surface area contributed by atoms with Crippen LogP contribution < -0.4 is 30.2 Å². The summed E-state index contributed by atoms with van der Waals surface area (Å²) in [7, 11) is 6.52. The number of fused-ring (bicyclic) bond motifs is 1. The van der Waals surface area contributed by atoms with Crippen molar-refractivity contribution in [3.05, 3.63) is 50.9 Å².